The molecule has 10 heavy (non-hydrogen) atoms. The monoisotopic (exact) mass is 153 g/mol. The van der Waals surface area contributed by atoms with Crippen LogP contribution >= 0.6 is 0 Å². The molecular weight excluding hydrogens is 132 g/mol. The summed E-state index contributed by atoms with van der Waals surface area (Å²) in [5.41, 5.74) is 0. The fourth-order valence-corrected chi connectivity index (χ4v) is 0.594. The van der Waals surface area contributed by atoms with Gasteiger partial charge in [0.25, 0.3) is 0 Å². The number of halogens is 1. The van der Waals surface area contributed by atoms with Gasteiger partial charge in [-0.1, -0.05) is 0 Å². The highest BCUT2D eigenvalue weighted by Gasteiger charge is 2.12. The van der Waals surface area contributed by atoms with Gasteiger partial charge in [-0.3, -0.25) is 4.39 Å². The fraction of sp³-hybridized carbons (Fsp3) is 1.00. The van der Waals surface area contributed by atoms with E-state index < -0.39 is 13.0 Å². The van der Waals surface area contributed by atoms with Crippen LogP contribution in [0.3, 0.4) is 0 Å². The van der Waals surface area contributed by atoms with Crippen molar-refractivity contribution in [1.82, 2.24) is 0 Å². The Morgan fingerprint density at radius 2 is 2.10 bits per heavy atom. The molecule has 0 spiro atoms. The van der Waals surface area contributed by atoms with Gasteiger partial charge in [0, 0.05) is 9.11 Å². The molecule has 0 aromatic rings. The van der Waals surface area contributed by atoms with E-state index in [1.165, 1.54) is 0 Å². The second-order valence-corrected chi connectivity index (χ2v) is 2.81. The molecule has 0 rings (SSSR count). The minimum Gasteiger partial charge on any atom is -0.391 e. The molecule has 2 nitrogen and oxygen atoms in total. The first-order valence-electron chi connectivity index (χ1n) is 5.14. The molecule has 62 valence electrons. The van der Waals surface area contributed by atoms with Gasteiger partial charge in [-0.2, -0.15) is 0 Å². The molecule has 0 unspecified atom stereocenters. The lowest BCUT2D eigenvalue weighted by Crippen LogP contribution is -2.42. The number of nitrogens with zero attached hydrogens (tertiary/aromatic N) is 1. The lowest BCUT2D eigenvalue weighted by Gasteiger charge is -2.28. The normalized spacial score (nSPS) is 20.8. The summed E-state index contributed by atoms with van der Waals surface area (Å²) in [7, 11) is 3.22. The number of hydrogen-bond acceptors (Lipinski definition) is 1. The van der Waals surface area contributed by atoms with E-state index in [9.17, 15) is 4.39 Å². The summed E-state index contributed by atoms with van der Waals surface area (Å²) in [5, 5.41) is 8.68. The van der Waals surface area contributed by atoms with Crippen molar-refractivity contribution in [2.24, 2.45) is 0 Å². The van der Waals surface area contributed by atoms with Crippen molar-refractivity contribution in [3.05, 3.63) is 0 Å². The minimum absolute atomic E-state index is 0.0347. The number of aliphatic hydroxyl groups is 1. The Kier molecular flexibility index (Phi) is 2.16. The van der Waals surface area contributed by atoms with E-state index in [0.29, 0.717) is 0 Å². The van der Waals surface area contributed by atoms with Crippen LogP contribution in [0.5, 0.6) is 0 Å². The highest BCUT2D eigenvalue weighted by molar-refractivity contribution is 4.34. The summed E-state index contributed by atoms with van der Waals surface area (Å²) in [5.74, 6) is 0. The summed E-state index contributed by atoms with van der Waals surface area (Å²) in [6.45, 7) is -3.57. The van der Waals surface area contributed by atoms with E-state index in [2.05, 4.69) is 0 Å². The Hall–Kier alpha value is -0.150. The van der Waals surface area contributed by atoms with Crippen LogP contribution in [0.4, 0.5) is 4.39 Å². The van der Waals surface area contributed by atoms with E-state index in [1.54, 1.807) is 14.1 Å². The molecule has 0 atom stereocenters. The lowest BCUT2D eigenvalue weighted by molar-refractivity contribution is -0.890. The SMILES string of the molecule is [2H]C([2H])([18F])C([2H])([2H])C[N+](C)(C)CCO. The predicted octanol–water partition coefficient (Wildman–Crippen LogP) is 0.415. The minimum atomic E-state index is -3.36. The zero-order valence-electron chi connectivity index (χ0n) is 10.4. The summed E-state index contributed by atoms with van der Waals surface area (Å²) < 4.78 is 40.7. The van der Waals surface area contributed by atoms with Crippen LogP contribution in [0.25, 0.3) is 0 Å². The smallest absolute Gasteiger partial charge is 0.102 e. The zero-order valence-corrected chi connectivity index (χ0v) is 6.39. The molecule has 0 fully saturated rings. The summed E-state index contributed by atoms with van der Waals surface area (Å²) in [4.78, 5) is 0. The average Bonchev–Trinajstić information content (AvgIpc) is 1.80. The van der Waals surface area contributed by atoms with Crippen molar-refractivity contribution in [1.29, 1.82) is 0 Å². The van der Waals surface area contributed by atoms with E-state index in [1.807, 2.05) is 0 Å². The third-order valence-corrected chi connectivity index (χ3v) is 1.28. The largest absolute Gasteiger partial charge is 0.391 e. The summed E-state index contributed by atoms with van der Waals surface area (Å²) in [6, 6.07) is 0. The van der Waals surface area contributed by atoms with Crippen molar-refractivity contribution in [3.63, 3.8) is 0 Å². The van der Waals surface area contributed by atoms with Crippen molar-refractivity contribution >= 4 is 0 Å². The van der Waals surface area contributed by atoms with Crippen LogP contribution < -0.4 is 0 Å². The Morgan fingerprint density at radius 3 is 2.50 bits per heavy atom. The fourth-order valence-electron chi connectivity index (χ4n) is 0.594. The van der Waals surface area contributed by atoms with Gasteiger partial charge in [0.05, 0.1) is 36.6 Å². The Bertz CT molecular complexity index is 193. The summed E-state index contributed by atoms with van der Waals surface area (Å²) in [6.07, 6.45) is -2.55. The van der Waals surface area contributed by atoms with Crippen LogP contribution in [0.15, 0.2) is 0 Å². The first-order chi connectivity index (χ1) is 6.02. The molecule has 3 heteroatoms. The van der Waals surface area contributed by atoms with Gasteiger partial charge >= 0.3 is 0 Å². The molecule has 0 radical (unpaired) electrons. The van der Waals surface area contributed by atoms with E-state index in [4.69, 9.17) is 10.6 Å². The zero-order chi connectivity index (χ0) is 11.6. The number of likely N-dealkylation sites (N-methyl/N-ethyl adjacent to an activating group) is 1. The topological polar surface area (TPSA) is 20.2 Å². The number of rotatable bonds is 5. The number of aliphatic hydroxyl groups excluding tert-OH is 1. The van der Waals surface area contributed by atoms with Gasteiger partial charge < -0.3 is 9.59 Å². The Labute approximate surface area is 67.5 Å². The van der Waals surface area contributed by atoms with Gasteiger partial charge in [-0.05, 0) is 0 Å². The Balaban J connectivity index is 4.50. The molecule has 0 aromatic heterocycles. The first-order valence-corrected chi connectivity index (χ1v) is 3.14. The van der Waals surface area contributed by atoms with E-state index in [-0.39, 0.29) is 24.2 Å². The molecule has 0 bridgehead atoms. The third kappa shape index (κ3) is 4.70. The standard InChI is InChI=1S/C7H17FNO/c1-9(2,6-7-10)5-3-4-8/h10H,3-7H2,1-2H3/q+1/i3D2,4D2,8-1. The maximum absolute atomic E-state index is 12.8. The predicted molar refractivity (Wildman–Crippen MR) is 39.5 cm³/mol. The molecule has 0 amide bonds. The molecule has 0 saturated carbocycles. The number of alkyl halides is 1. The van der Waals surface area contributed by atoms with Crippen LogP contribution in [0, 0.1) is 0 Å². The van der Waals surface area contributed by atoms with Gasteiger partial charge in [0.15, 0.2) is 0 Å². The molecule has 0 saturated heterocycles. The first kappa shape index (κ1) is 4.67. The van der Waals surface area contributed by atoms with Crippen molar-refractivity contribution in [3.8, 4) is 0 Å². The van der Waals surface area contributed by atoms with Crippen LogP contribution in [0.1, 0.15) is 11.9 Å². The van der Waals surface area contributed by atoms with Crippen LogP contribution in [0.2, 0.25) is 0 Å². The molecule has 0 aliphatic heterocycles. The van der Waals surface area contributed by atoms with Gasteiger partial charge in [-0.15, -0.1) is 0 Å². The molecule has 1 N–H and O–H groups in total. The second kappa shape index (κ2) is 4.63. The molecule has 0 heterocycles. The molecule has 0 aliphatic rings. The van der Waals surface area contributed by atoms with Crippen LogP contribution in [-0.2, 0) is 0 Å². The molecule has 0 aromatic carbocycles. The maximum Gasteiger partial charge on any atom is 0.102 e. The van der Waals surface area contributed by atoms with Crippen molar-refractivity contribution in [2.45, 2.75) is 6.37 Å². The average molecular weight is 153 g/mol. The Morgan fingerprint density at radius 1 is 1.50 bits per heavy atom. The van der Waals surface area contributed by atoms with E-state index in [0.717, 1.165) is 0 Å². The maximum atomic E-state index is 12.8. The number of hydrogen-bond donors (Lipinski definition) is 1. The highest BCUT2D eigenvalue weighted by atomic mass is 18.2. The quantitative estimate of drug-likeness (QED) is 0.567. The van der Waals surface area contributed by atoms with Gasteiger partial charge in [0.1, 0.15) is 6.54 Å². The van der Waals surface area contributed by atoms with Crippen LogP contribution in [-0.4, -0.2) is 50.0 Å². The third-order valence-electron chi connectivity index (χ3n) is 1.28. The molecular formula is C7H17FNO+. The highest BCUT2D eigenvalue weighted by Crippen LogP contribution is 1.97. The van der Waals surface area contributed by atoms with Gasteiger partial charge in [-0.25, -0.2) is 0 Å². The van der Waals surface area contributed by atoms with Crippen molar-refractivity contribution < 1.29 is 19.5 Å². The van der Waals surface area contributed by atoms with Gasteiger partial charge in [0.2, 0.25) is 0 Å². The lowest BCUT2D eigenvalue weighted by atomic mass is 10.3. The summed E-state index contributed by atoms with van der Waals surface area (Å²) >= 11 is 0. The van der Waals surface area contributed by atoms with Crippen molar-refractivity contribution in [2.75, 3.05) is 40.4 Å². The second-order valence-electron chi connectivity index (χ2n) is 2.81. The number of quaternary nitrogens is 1. The van der Waals surface area contributed by atoms with E-state index >= 15 is 0 Å². The molecule has 0 aliphatic carbocycles.